The van der Waals surface area contributed by atoms with Crippen molar-refractivity contribution in [2.24, 2.45) is 5.92 Å². The number of amides is 3. The van der Waals surface area contributed by atoms with Gasteiger partial charge in [-0.15, -0.1) is 0 Å². The SMILES string of the molecule is CC(=O)NC(C)C(=O)NCc1cccc(NC(=O)C2CC2)c1. The van der Waals surface area contributed by atoms with Crippen molar-refractivity contribution in [3.63, 3.8) is 0 Å². The molecule has 6 heteroatoms. The highest BCUT2D eigenvalue weighted by atomic mass is 16.2. The first-order valence-corrected chi connectivity index (χ1v) is 7.40. The Bertz CT molecular complexity index is 582. The standard InChI is InChI=1S/C16H21N3O3/c1-10(18-11(2)20)15(21)17-9-12-4-3-5-14(8-12)19-16(22)13-6-7-13/h3-5,8,10,13H,6-7,9H2,1-2H3,(H,17,21)(H,18,20)(H,19,22). The molecule has 1 aromatic carbocycles. The highest BCUT2D eigenvalue weighted by Gasteiger charge is 2.29. The summed E-state index contributed by atoms with van der Waals surface area (Å²) in [5.41, 5.74) is 1.62. The Kier molecular flexibility index (Phi) is 5.14. The lowest BCUT2D eigenvalue weighted by atomic mass is 10.2. The number of hydrogen-bond donors (Lipinski definition) is 3. The van der Waals surface area contributed by atoms with Gasteiger partial charge in [0.15, 0.2) is 0 Å². The van der Waals surface area contributed by atoms with Crippen LogP contribution in [0, 0.1) is 5.92 Å². The maximum atomic E-state index is 11.8. The molecule has 1 aliphatic carbocycles. The Morgan fingerprint density at radius 2 is 2.00 bits per heavy atom. The van der Waals surface area contributed by atoms with Gasteiger partial charge < -0.3 is 16.0 Å². The van der Waals surface area contributed by atoms with Crippen LogP contribution in [0.15, 0.2) is 24.3 Å². The van der Waals surface area contributed by atoms with Gasteiger partial charge in [-0.25, -0.2) is 0 Å². The molecule has 6 nitrogen and oxygen atoms in total. The molecular formula is C16H21N3O3. The van der Waals surface area contributed by atoms with Gasteiger partial charge in [-0.3, -0.25) is 14.4 Å². The van der Waals surface area contributed by atoms with Crippen LogP contribution < -0.4 is 16.0 Å². The third kappa shape index (κ3) is 4.87. The van der Waals surface area contributed by atoms with E-state index in [0.717, 1.165) is 24.1 Å². The van der Waals surface area contributed by atoms with E-state index in [2.05, 4.69) is 16.0 Å². The molecule has 1 atom stereocenters. The number of carbonyl (C=O) groups excluding carboxylic acids is 3. The number of anilines is 1. The van der Waals surface area contributed by atoms with Crippen LogP contribution in [0.3, 0.4) is 0 Å². The molecule has 1 aromatic rings. The molecule has 0 bridgehead atoms. The largest absolute Gasteiger partial charge is 0.350 e. The molecule has 0 radical (unpaired) electrons. The summed E-state index contributed by atoms with van der Waals surface area (Å²) in [6.45, 7) is 3.34. The minimum Gasteiger partial charge on any atom is -0.350 e. The fourth-order valence-electron chi connectivity index (χ4n) is 2.06. The van der Waals surface area contributed by atoms with Crippen LogP contribution in [-0.2, 0) is 20.9 Å². The van der Waals surface area contributed by atoms with Gasteiger partial charge >= 0.3 is 0 Å². The van der Waals surface area contributed by atoms with Gasteiger partial charge in [0.1, 0.15) is 6.04 Å². The van der Waals surface area contributed by atoms with Crippen LogP contribution in [0.25, 0.3) is 0 Å². The number of nitrogens with one attached hydrogen (secondary N) is 3. The zero-order chi connectivity index (χ0) is 16.1. The van der Waals surface area contributed by atoms with E-state index in [1.54, 1.807) is 6.92 Å². The van der Waals surface area contributed by atoms with E-state index >= 15 is 0 Å². The number of hydrogen-bond acceptors (Lipinski definition) is 3. The Balaban J connectivity index is 1.85. The van der Waals surface area contributed by atoms with Gasteiger partial charge in [0.2, 0.25) is 17.7 Å². The highest BCUT2D eigenvalue weighted by Crippen LogP contribution is 2.30. The molecule has 1 fully saturated rings. The maximum absolute atomic E-state index is 11.8. The summed E-state index contributed by atoms with van der Waals surface area (Å²) in [4.78, 5) is 34.4. The van der Waals surface area contributed by atoms with Crippen LogP contribution in [0.1, 0.15) is 32.3 Å². The monoisotopic (exact) mass is 303 g/mol. The Hall–Kier alpha value is -2.37. The van der Waals surface area contributed by atoms with E-state index in [1.807, 2.05) is 24.3 Å². The van der Waals surface area contributed by atoms with Crippen molar-refractivity contribution in [3.05, 3.63) is 29.8 Å². The minimum atomic E-state index is -0.574. The van der Waals surface area contributed by atoms with Crippen molar-refractivity contribution >= 4 is 23.4 Å². The lowest BCUT2D eigenvalue weighted by Gasteiger charge is -2.13. The van der Waals surface area contributed by atoms with Gasteiger partial charge in [-0.05, 0) is 37.5 Å². The maximum Gasteiger partial charge on any atom is 0.242 e. The van der Waals surface area contributed by atoms with Crippen molar-refractivity contribution < 1.29 is 14.4 Å². The van der Waals surface area contributed by atoms with Crippen LogP contribution in [0.5, 0.6) is 0 Å². The second-order valence-corrected chi connectivity index (χ2v) is 5.60. The van der Waals surface area contributed by atoms with Crippen LogP contribution in [-0.4, -0.2) is 23.8 Å². The average Bonchev–Trinajstić information content (AvgIpc) is 3.29. The summed E-state index contributed by atoms with van der Waals surface area (Å²) in [5, 5.41) is 8.15. The van der Waals surface area contributed by atoms with Crippen molar-refractivity contribution in [1.29, 1.82) is 0 Å². The van der Waals surface area contributed by atoms with Crippen molar-refractivity contribution in [1.82, 2.24) is 10.6 Å². The Morgan fingerprint density at radius 3 is 2.64 bits per heavy atom. The fraction of sp³-hybridized carbons (Fsp3) is 0.438. The van der Waals surface area contributed by atoms with Gasteiger partial charge in [0.25, 0.3) is 0 Å². The first-order valence-electron chi connectivity index (χ1n) is 7.40. The smallest absolute Gasteiger partial charge is 0.242 e. The second kappa shape index (κ2) is 7.06. The van der Waals surface area contributed by atoms with E-state index < -0.39 is 6.04 Å². The fourth-order valence-corrected chi connectivity index (χ4v) is 2.06. The Labute approximate surface area is 129 Å². The van der Waals surface area contributed by atoms with Crippen LogP contribution in [0.4, 0.5) is 5.69 Å². The zero-order valence-electron chi connectivity index (χ0n) is 12.8. The molecule has 1 unspecified atom stereocenters. The van der Waals surface area contributed by atoms with Gasteiger partial charge in [-0.1, -0.05) is 12.1 Å². The topological polar surface area (TPSA) is 87.3 Å². The lowest BCUT2D eigenvalue weighted by molar-refractivity contribution is -0.127. The van der Waals surface area contributed by atoms with Gasteiger partial charge in [0.05, 0.1) is 0 Å². The highest BCUT2D eigenvalue weighted by molar-refractivity contribution is 5.94. The molecule has 0 aromatic heterocycles. The molecule has 1 saturated carbocycles. The summed E-state index contributed by atoms with van der Waals surface area (Å²) in [7, 11) is 0. The van der Waals surface area contributed by atoms with E-state index in [0.29, 0.717) is 6.54 Å². The third-order valence-corrected chi connectivity index (χ3v) is 3.42. The Morgan fingerprint density at radius 1 is 1.27 bits per heavy atom. The molecule has 0 heterocycles. The number of carbonyl (C=O) groups is 3. The number of rotatable bonds is 6. The molecule has 1 aliphatic rings. The van der Waals surface area contributed by atoms with Crippen molar-refractivity contribution in [2.45, 2.75) is 39.3 Å². The molecule has 22 heavy (non-hydrogen) atoms. The summed E-state index contributed by atoms with van der Waals surface area (Å²) in [6.07, 6.45) is 1.92. The lowest BCUT2D eigenvalue weighted by Crippen LogP contribution is -2.43. The molecule has 0 aliphatic heterocycles. The number of benzene rings is 1. The average molecular weight is 303 g/mol. The summed E-state index contributed by atoms with van der Waals surface area (Å²) in [5.74, 6) is -0.280. The summed E-state index contributed by atoms with van der Waals surface area (Å²) < 4.78 is 0. The van der Waals surface area contributed by atoms with E-state index in [1.165, 1.54) is 6.92 Å². The van der Waals surface area contributed by atoms with Gasteiger partial charge in [0, 0.05) is 25.1 Å². The molecule has 3 amide bonds. The van der Waals surface area contributed by atoms with Crippen LogP contribution >= 0.6 is 0 Å². The van der Waals surface area contributed by atoms with E-state index in [4.69, 9.17) is 0 Å². The minimum absolute atomic E-state index is 0.0560. The van der Waals surface area contributed by atoms with E-state index in [9.17, 15) is 14.4 Å². The van der Waals surface area contributed by atoms with Crippen molar-refractivity contribution in [2.75, 3.05) is 5.32 Å². The third-order valence-electron chi connectivity index (χ3n) is 3.42. The van der Waals surface area contributed by atoms with E-state index in [-0.39, 0.29) is 23.6 Å². The second-order valence-electron chi connectivity index (χ2n) is 5.60. The molecule has 3 N–H and O–H groups in total. The summed E-state index contributed by atoms with van der Waals surface area (Å²) in [6, 6.07) is 6.79. The quantitative estimate of drug-likeness (QED) is 0.737. The molecule has 0 spiro atoms. The predicted octanol–water partition coefficient (Wildman–Crippen LogP) is 1.18. The van der Waals surface area contributed by atoms with Crippen molar-refractivity contribution in [3.8, 4) is 0 Å². The molecule has 2 rings (SSSR count). The first-order chi connectivity index (χ1) is 10.5. The molecule has 0 saturated heterocycles. The normalized spacial score (nSPS) is 14.8. The molecule has 118 valence electrons. The molecular weight excluding hydrogens is 282 g/mol. The summed E-state index contributed by atoms with van der Waals surface area (Å²) >= 11 is 0. The predicted molar refractivity (Wildman–Crippen MR) is 82.9 cm³/mol. The first kappa shape index (κ1) is 16.0. The van der Waals surface area contributed by atoms with Crippen LogP contribution in [0.2, 0.25) is 0 Å². The zero-order valence-corrected chi connectivity index (χ0v) is 12.8. The van der Waals surface area contributed by atoms with Gasteiger partial charge in [-0.2, -0.15) is 0 Å².